The molecule has 4 rings (SSSR count). The van der Waals surface area contributed by atoms with Gasteiger partial charge < -0.3 is 15.2 Å². The Kier molecular flexibility index (Phi) is 6.44. The molecule has 0 fully saturated rings. The van der Waals surface area contributed by atoms with E-state index in [9.17, 15) is 9.90 Å². The van der Waals surface area contributed by atoms with Gasteiger partial charge in [0.05, 0.1) is 11.4 Å². The minimum absolute atomic E-state index is 0.144. The third-order valence-corrected chi connectivity index (χ3v) is 5.17. The van der Waals surface area contributed by atoms with Gasteiger partial charge in [0.15, 0.2) is 0 Å². The van der Waals surface area contributed by atoms with Gasteiger partial charge in [-0.1, -0.05) is 42.1 Å². The number of phenols is 1. The zero-order valence-corrected chi connectivity index (χ0v) is 17.2. The van der Waals surface area contributed by atoms with Crippen LogP contribution in [0, 0.1) is 0 Å². The summed E-state index contributed by atoms with van der Waals surface area (Å²) in [6.07, 6.45) is 0. The molecule has 9 heteroatoms. The smallest absolute Gasteiger partial charge is 0.234 e. The molecule has 0 aliphatic rings. The lowest BCUT2D eigenvalue weighted by Gasteiger charge is -2.08. The predicted molar refractivity (Wildman–Crippen MR) is 117 cm³/mol. The fraction of sp³-hybridized carbons (Fsp3) is 0.0909. The number of phenolic OH excluding ortho intramolecular Hbond substituents is 1. The van der Waals surface area contributed by atoms with E-state index < -0.39 is 0 Å². The molecule has 0 bridgehead atoms. The van der Waals surface area contributed by atoms with E-state index in [4.69, 9.17) is 4.74 Å². The van der Waals surface area contributed by atoms with Crippen LogP contribution in [0.1, 0.15) is 5.56 Å². The first-order valence-corrected chi connectivity index (χ1v) is 10.4. The fourth-order valence-corrected chi connectivity index (χ4v) is 3.42. The van der Waals surface area contributed by atoms with Crippen molar-refractivity contribution in [2.45, 2.75) is 11.8 Å². The standard InChI is InChI=1S/C22H19N5O3S/c28-19-10-8-18(9-11-19)27-22(24-25-26-27)31-15-21(29)23-17-6-12-20(13-7-17)30-14-16-4-2-1-3-5-16/h1-13,28H,14-15H2,(H,23,29). The summed E-state index contributed by atoms with van der Waals surface area (Å²) in [5.41, 5.74) is 2.46. The molecule has 0 saturated carbocycles. The topological polar surface area (TPSA) is 102 Å². The quantitative estimate of drug-likeness (QED) is 0.409. The number of tetrazole rings is 1. The zero-order chi connectivity index (χ0) is 21.5. The van der Waals surface area contributed by atoms with Crippen LogP contribution in [-0.2, 0) is 11.4 Å². The number of carbonyl (C=O) groups excluding carboxylic acids is 1. The van der Waals surface area contributed by atoms with Gasteiger partial charge in [-0.3, -0.25) is 4.79 Å². The maximum atomic E-state index is 12.3. The Balaban J connectivity index is 1.28. The Bertz CT molecular complexity index is 1130. The molecule has 0 aliphatic heterocycles. The highest BCUT2D eigenvalue weighted by molar-refractivity contribution is 7.99. The monoisotopic (exact) mass is 433 g/mol. The minimum Gasteiger partial charge on any atom is -0.508 e. The number of aromatic hydroxyl groups is 1. The predicted octanol–water partition coefficient (Wildman–Crippen LogP) is 3.68. The Morgan fingerprint density at radius 1 is 1.00 bits per heavy atom. The Hall–Kier alpha value is -3.85. The van der Waals surface area contributed by atoms with Gasteiger partial charge in [-0.2, -0.15) is 4.68 Å². The molecule has 2 N–H and O–H groups in total. The largest absolute Gasteiger partial charge is 0.508 e. The highest BCUT2D eigenvalue weighted by Crippen LogP contribution is 2.21. The van der Waals surface area contributed by atoms with Crippen molar-refractivity contribution >= 4 is 23.4 Å². The number of thioether (sulfide) groups is 1. The molecule has 1 heterocycles. The second-order valence-corrected chi connectivity index (χ2v) is 7.47. The molecular formula is C22H19N5O3S. The average Bonchev–Trinajstić information content (AvgIpc) is 3.27. The first-order valence-electron chi connectivity index (χ1n) is 9.44. The van der Waals surface area contributed by atoms with Crippen LogP contribution >= 0.6 is 11.8 Å². The van der Waals surface area contributed by atoms with E-state index in [1.165, 1.54) is 16.4 Å². The number of benzene rings is 3. The van der Waals surface area contributed by atoms with Crippen molar-refractivity contribution in [1.82, 2.24) is 20.2 Å². The maximum absolute atomic E-state index is 12.3. The van der Waals surface area contributed by atoms with Crippen LogP contribution in [0.2, 0.25) is 0 Å². The summed E-state index contributed by atoms with van der Waals surface area (Å²) >= 11 is 1.22. The summed E-state index contributed by atoms with van der Waals surface area (Å²) in [6, 6.07) is 23.6. The number of aromatic nitrogens is 4. The van der Waals surface area contributed by atoms with Crippen LogP contribution in [-0.4, -0.2) is 37.0 Å². The van der Waals surface area contributed by atoms with E-state index in [1.807, 2.05) is 42.5 Å². The molecule has 0 unspecified atom stereocenters. The molecule has 156 valence electrons. The molecule has 3 aromatic carbocycles. The highest BCUT2D eigenvalue weighted by Gasteiger charge is 2.12. The number of carbonyl (C=O) groups is 1. The lowest BCUT2D eigenvalue weighted by molar-refractivity contribution is -0.113. The second kappa shape index (κ2) is 9.77. The van der Waals surface area contributed by atoms with Crippen LogP contribution < -0.4 is 10.1 Å². The van der Waals surface area contributed by atoms with Gasteiger partial charge in [0.1, 0.15) is 18.1 Å². The summed E-state index contributed by atoms with van der Waals surface area (Å²) in [4.78, 5) is 12.3. The molecule has 8 nitrogen and oxygen atoms in total. The molecule has 0 radical (unpaired) electrons. The number of hydrogen-bond donors (Lipinski definition) is 2. The van der Waals surface area contributed by atoms with Gasteiger partial charge in [0, 0.05) is 5.69 Å². The first kappa shape index (κ1) is 20.4. The van der Waals surface area contributed by atoms with Crippen LogP contribution in [0.25, 0.3) is 5.69 Å². The van der Waals surface area contributed by atoms with E-state index in [1.54, 1.807) is 36.4 Å². The number of anilines is 1. The normalized spacial score (nSPS) is 10.6. The summed E-state index contributed by atoms with van der Waals surface area (Å²) < 4.78 is 7.26. The van der Waals surface area contributed by atoms with Crippen LogP contribution in [0.5, 0.6) is 11.5 Å². The SMILES string of the molecule is O=C(CSc1nnnn1-c1ccc(O)cc1)Nc1ccc(OCc2ccccc2)cc1. The van der Waals surface area contributed by atoms with E-state index in [-0.39, 0.29) is 17.4 Å². The van der Waals surface area contributed by atoms with Gasteiger partial charge in [-0.25, -0.2) is 0 Å². The van der Waals surface area contributed by atoms with Crippen LogP contribution in [0.4, 0.5) is 5.69 Å². The van der Waals surface area contributed by atoms with Crippen molar-refractivity contribution in [2.75, 3.05) is 11.1 Å². The van der Waals surface area contributed by atoms with Gasteiger partial charge in [-0.15, -0.1) is 5.10 Å². The summed E-state index contributed by atoms with van der Waals surface area (Å²) in [6.45, 7) is 0.485. The number of rotatable bonds is 8. The summed E-state index contributed by atoms with van der Waals surface area (Å²) in [5.74, 6) is 0.847. The van der Waals surface area contributed by atoms with Gasteiger partial charge in [0.2, 0.25) is 11.1 Å². The molecule has 31 heavy (non-hydrogen) atoms. The zero-order valence-electron chi connectivity index (χ0n) is 16.4. The summed E-state index contributed by atoms with van der Waals surface area (Å²) in [7, 11) is 0. The van der Waals surface area contributed by atoms with Gasteiger partial charge in [-0.05, 0) is 64.5 Å². The molecule has 0 spiro atoms. The number of hydrogen-bond acceptors (Lipinski definition) is 7. The van der Waals surface area contributed by atoms with E-state index in [0.717, 1.165) is 11.3 Å². The average molecular weight is 433 g/mol. The number of ether oxygens (including phenoxy) is 1. The first-order chi connectivity index (χ1) is 15.2. The summed E-state index contributed by atoms with van der Waals surface area (Å²) in [5, 5.41) is 24.3. The third-order valence-electron chi connectivity index (χ3n) is 4.25. The molecular weight excluding hydrogens is 414 g/mol. The number of nitrogens with one attached hydrogen (secondary N) is 1. The van der Waals surface area contributed by atoms with Crippen molar-refractivity contribution in [3.05, 3.63) is 84.4 Å². The molecule has 1 amide bonds. The molecule has 0 saturated heterocycles. The van der Waals surface area contributed by atoms with E-state index >= 15 is 0 Å². The molecule has 1 aromatic heterocycles. The van der Waals surface area contributed by atoms with Crippen LogP contribution in [0.15, 0.2) is 84.0 Å². The Morgan fingerprint density at radius 3 is 2.48 bits per heavy atom. The number of amides is 1. The van der Waals surface area contributed by atoms with Gasteiger partial charge >= 0.3 is 0 Å². The van der Waals surface area contributed by atoms with Crippen molar-refractivity contribution in [1.29, 1.82) is 0 Å². The molecule has 0 atom stereocenters. The molecule has 4 aromatic rings. The van der Waals surface area contributed by atoms with Crippen molar-refractivity contribution in [3.8, 4) is 17.2 Å². The lowest BCUT2D eigenvalue weighted by atomic mass is 10.2. The van der Waals surface area contributed by atoms with Crippen molar-refractivity contribution in [3.63, 3.8) is 0 Å². The third kappa shape index (κ3) is 5.61. The van der Waals surface area contributed by atoms with Crippen molar-refractivity contribution in [2.24, 2.45) is 0 Å². The Labute approximate surface area is 182 Å². The molecule has 0 aliphatic carbocycles. The van der Waals surface area contributed by atoms with E-state index in [0.29, 0.717) is 23.1 Å². The Morgan fingerprint density at radius 2 is 1.74 bits per heavy atom. The lowest BCUT2D eigenvalue weighted by Crippen LogP contribution is -2.14. The number of nitrogens with zero attached hydrogens (tertiary/aromatic N) is 4. The van der Waals surface area contributed by atoms with E-state index in [2.05, 4.69) is 20.8 Å². The fourth-order valence-electron chi connectivity index (χ4n) is 2.73. The van der Waals surface area contributed by atoms with Gasteiger partial charge in [0.25, 0.3) is 0 Å². The van der Waals surface area contributed by atoms with Crippen LogP contribution in [0.3, 0.4) is 0 Å². The second-order valence-electron chi connectivity index (χ2n) is 6.53. The minimum atomic E-state index is -0.178. The van der Waals surface area contributed by atoms with Crippen molar-refractivity contribution < 1.29 is 14.6 Å². The maximum Gasteiger partial charge on any atom is 0.234 e. The highest BCUT2D eigenvalue weighted by atomic mass is 32.2.